The molecule has 0 atom stereocenters. The van der Waals surface area contributed by atoms with Crippen LogP contribution < -0.4 is 9.64 Å². The first-order valence-electron chi connectivity index (χ1n) is 11.1. The second-order valence-corrected chi connectivity index (χ2v) is 9.83. The van der Waals surface area contributed by atoms with Gasteiger partial charge in [-0.05, 0) is 48.5 Å². The van der Waals surface area contributed by atoms with E-state index < -0.39 is 10.7 Å². The van der Waals surface area contributed by atoms with Crippen molar-refractivity contribution in [1.82, 2.24) is 5.16 Å². The van der Waals surface area contributed by atoms with Crippen LogP contribution in [0.4, 0.5) is 5.69 Å². The summed E-state index contributed by atoms with van der Waals surface area (Å²) in [7, 11) is 1.55. The van der Waals surface area contributed by atoms with Gasteiger partial charge in [-0.25, -0.2) is 0 Å². The molecule has 4 rings (SSSR count). The minimum atomic E-state index is -1.31. The van der Waals surface area contributed by atoms with E-state index in [0.29, 0.717) is 49.6 Å². The van der Waals surface area contributed by atoms with E-state index in [4.69, 9.17) is 55.7 Å². The molecule has 0 saturated carbocycles. The Kier molecular flexibility index (Phi) is 8.77. The van der Waals surface area contributed by atoms with Crippen molar-refractivity contribution >= 4 is 63.8 Å². The topological polar surface area (TPSA) is 72.6 Å². The van der Waals surface area contributed by atoms with Gasteiger partial charge in [-0.15, -0.1) is 0 Å². The van der Waals surface area contributed by atoms with Crippen molar-refractivity contribution in [1.29, 1.82) is 0 Å². The van der Waals surface area contributed by atoms with Crippen molar-refractivity contribution in [2.75, 3.05) is 18.6 Å². The van der Waals surface area contributed by atoms with Crippen molar-refractivity contribution < 1.29 is 18.8 Å². The van der Waals surface area contributed by atoms with Gasteiger partial charge >= 0.3 is 0 Å². The fraction of sp³-hybridized carbons (Fsp3) is 0.148. The SMILES string of the molecule is COc1ccc(C(=O)CCN(C(=O)C(Cl)Cl)c2cccc(-c3cc(-c4c(Cl)cccc4Cl)no3)c2)cc1. The van der Waals surface area contributed by atoms with Crippen LogP contribution in [-0.2, 0) is 4.79 Å². The van der Waals surface area contributed by atoms with Gasteiger partial charge in [0.05, 0.1) is 17.2 Å². The molecule has 0 aliphatic heterocycles. The van der Waals surface area contributed by atoms with Crippen LogP contribution in [0.5, 0.6) is 5.75 Å². The van der Waals surface area contributed by atoms with Gasteiger partial charge in [0.25, 0.3) is 5.91 Å². The zero-order valence-corrected chi connectivity index (χ0v) is 22.5. The number of Topliss-reactive ketones (excluding diaryl/α,β-unsaturated/α-hetero) is 1. The zero-order chi connectivity index (χ0) is 26.5. The number of ether oxygens (including phenoxy) is 1. The lowest BCUT2D eigenvalue weighted by atomic mass is 10.1. The number of ketones is 1. The third kappa shape index (κ3) is 6.28. The van der Waals surface area contributed by atoms with Crippen molar-refractivity contribution in [3.8, 4) is 28.3 Å². The molecule has 4 aromatic rings. The van der Waals surface area contributed by atoms with Crippen LogP contribution in [0.2, 0.25) is 10.0 Å². The maximum absolute atomic E-state index is 12.9. The minimum Gasteiger partial charge on any atom is -0.497 e. The molecular weight excluding hydrogens is 558 g/mol. The number of benzene rings is 3. The molecule has 0 aliphatic rings. The molecule has 1 amide bonds. The predicted octanol–water partition coefficient (Wildman–Crippen LogP) is 7.73. The van der Waals surface area contributed by atoms with E-state index in [2.05, 4.69) is 5.16 Å². The van der Waals surface area contributed by atoms with Gasteiger partial charge in [0.2, 0.25) is 0 Å². The summed E-state index contributed by atoms with van der Waals surface area (Å²) in [5.41, 5.74) is 2.65. The summed E-state index contributed by atoms with van der Waals surface area (Å²) in [4.78, 5) is 25.7. The Bertz CT molecular complexity index is 1400. The first kappa shape index (κ1) is 27.0. The smallest absolute Gasteiger partial charge is 0.260 e. The quantitative estimate of drug-likeness (QED) is 0.150. The standard InChI is InChI=1S/C27H20Cl4N2O4/c1-36-19-10-8-16(9-11-19)23(34)12-13-33(27(35)26(30)31)18-5-2-4-17(14-18)24-15-22(32-37-24)25-20(28)6-3-7-21(25)29/h2-11,14-15,26H,12-13H2,1H3. The molecule has 0 spiro atoms. The summed E-state index contributed by atoms with van der Waals surface area (Å²) in [5.74, 6) is 0.380. The molecule has 0 N–H and O–H groups in total. The monoisotopic (exact) mass is 576 g/mol. The molecular formula is C27H20Cl4N2O4. The molecule has 1 aromatic heterocycles. The number of rotatable bonds is 9. The molecule has 37 heavy (non-hydrogen) atoms. The molecule has 190 valence electrons. The molecule has 0 radical (unpaired) electrons. The van der Waals surface area contributed by atoms with E-state index in [1.807, 2.05) is 0 Å². The number of alkyl halides is 2. The molecule has 6 nitrogen and oxygen atoms in total. The lowest BCUT2D eigenvalue weighted by Crippen LogP contribution is -2.36. The molecule has 10 heteroatoms. The van der Waals surface area contributed by atoms with Gasteiger partial charge in [0, 0.05) is 41.4 Å². The van der Waals surface area contributed by atoms with E-state index in [1.54, 1.807) is 79.9 Å². The normalized spacial score (nSPS) is 11.0. The third-order valence-electron chi connectivity index (χ3n) is 5.60. The van der Waals surface area contributed by atoms with Gasteiger partial charge < -0.3 is 14.2 Å². The lowest BCUT2D eigenvalue weighted by molar-refractivity contribution is -0.117. The number of nitrogens with zero attached hydrogens (tertiary/aromatic N) is 2. The summed E-state index contributed by atoms with van der Waals surface area (Å²) >= 11 is 24.4. The Morgan fingerprint density at radius 2 is 1.65 bits per heavy atom. The zero-order valence-electron chi connectivity index (χ0n) is 19.5. The summed E-state index contributed by atoms with van der Waals surface area (Å²) < 4.78 is 10.7. The number of anilines is 1. The number of methoxy groups -OCH3 is 1. The van der Waals surface area contributed by atoms with Gasteiger partial charge in [-0.3, -0.25) is 9.59 Å². The number of hydrogen-bond donors (Lipinski definition) is 0. The minimum absolute atomic E-state index is 0.0558. The summed E-state index contributed by atoms with van der Waals surface area (Å²) in [6, 6.07) is 20.6. The third-order valence-corrected chi connectivity index (χ3v) is 6.60. The highest BCUT2D eigenvalue weighted by Crippen LogP contribution is 2.36. The van der Waals surface area contributed by atoms with E-state index in [1.165, 1.54) is 4.90 Å². The molecule has 3 aromatic carbocycles. The number of carbonyl (C=O) groups excluding carboxylic acids is 2. The molecule has 0 fully saturated rings. The van der Waals surface area contributed by atoms with Gasteiger partial charge in [-0.2, -0.15) is 0 Å². The Morgan fingerprint density at radius 1 is 0.973 bits per heavy atom. The first-order chi connectivity index (χ1) is 17.8. The predicted molar refractivity (Wildman–Crippen MR) is 147 cm³/mol. The average Bonchev–Trinajstić information content (AvgIpc) is 3.38. The fourth-order valence-corrected chi connectivity index (χ4v) is 4.54. The Balaban J connectivity index is 1.58. The number of aromatic nitrogens is 1. The van der Waals surface area contributed by atoms with E-state index in [9.17, 15) is 9.59 Å². The maximum atomic E-state index is 12.9. The van der Waals surface area contributed by atoms with Crippen molar-refractivity contribution in [3.63, 3.8) is 0 Å². The molecule has 1 heterocycles. The van der Waals surface area contributed by atoms with Crippen LogP contribution >= 0.6 is 46.4 Å². The lowest BCUT2D eigenvalue weighted by Gasteiger charge is -2.23. The van der Waals surface area contributed by atoms with Crippen molar-refractivity contribution in [2.24, 2.45) is 0 Å². The van der Waals surface area contributed by atoms with Crippen molar-refractivity contribution in [3.05, 3.63) is 88.4 Å². The van der Waals surface area contributed by atoms with Crippen molar-refractivity contribution in [2.45, 2.75) is 11.3 Å². The highest BCUT2D eigenvalue weighted by Gasteiger charge is 2.24. The Hall–Kier alpha value is -3.03. The second kappa shape index (κ2) is 12.0. The molecule has 0 bridgehead atoms. The van der Waals surface area contributed by atoms with Crippen LogP contribution in [0, 0.1) is 0 Å². The number of carbonyl (C=O) groups is 2. The Labute approximate surface area is 233 Å². The van der Waals surface area contributed by atoms with Crippen LogP contribution in [0.25, 0.3) is 22.6 Å². The highest BCUT2D eigenvalue weighted by molar-refractivity contribution is 6.54. The second-order valence-electron chi connectivity index (χ2n) is 7.92. The Morgan fingerprint density at radius 3 is 2.30 bits per heavy atom. The number of amides is 1. The van der Waals surface area contributed by atoms with E-state index >= 15 is 0 Å². The van der Waals surface area contributed by atoms with Gasteiger partial charge in [0.15, 0.2) is 16.4 Å². The van der Waals surface area contributed by atoms with E-state index in [-0.39, 0.29) is 18.7 Å². The van der Waals surface area contributed by atoms with Gasteiger partial charge in [-0.1, -0.05) is 69.8 Å². The van der Waals surface area contributed by atoms with Crippen LogP contribution in [0.1, 0.15) is 16.8 Å². The first-order valence-corrected chi connectivity index (χ1v) is 12.7. The molecule has 0 saturated heterocycles. The summed E-state index contributed by atoms with van der Waals surface area (Å²) in [5, 5.41) is 4.99. The molecule has 0 aliphatic carbocycles. The highest BCUT2D eigenvalue weighted by atomic mass is 35.5. The average molecular weight is 578 g/mol. The van der Waals surface area contributed by atoms with E-state index in [0.717, 1.165) is 0 Å². The number of hydrogen-bond acceptors (Lipinski definition) is 5. The summed E-state index contributed by atoms with van der Waals surface area (Å²) in [6.07, 6.45) is 0.0558. The van der Waals surface area contributed by atoms with Crippen LogP contribution in [0.15, 0.2) is 77.3 Å². The van der Waals surface area contributed by atoms with Crippen LogP contribution in [0.3, 0.4) is 0 Å². The number of halogens is 4. The van der Waals surface area contributed by atoms with Crippen LogP contribution in [-0.4, -0.2) is 35.3 Å². The summed E-state index contributed by atoms with van der Waals surface area (Å²) in [6.45, 7) is 0.0694. The largest absolute Gasteiger partial charge is 0.497 e. The fourth-order valence-electron chi connectivity index (χ4n) is 3.72. The molecule has 0 unspecified atom stereocenters. The maximum Gasteiger partial charge on any atom is 0.260 e. The van der Waals surface area contributed by atoms with Gasteiger partial charge in [0.1, 0.15) is 11.4 Å².